The van der Waals surface area contributed by atoms with Gasteiger partial charge in [0.05, 0.1) is 27.1 Å². The highest BCUT2D eigenvalue weighted by Gasteiger charge is 2.29. The molecule has 3 nitrogen and oxygen atoms in total. The van der Waals surface area contributed by atoms with Crippen molar-refractivity contribution >= 4 is 73.4 Å². The molecule has 0 unspecified atom stereocenters. The lowest BCUT2D eigenvalue weighted by atomic mass is 9.97. The smallest absolute Gasteiger partial charge is 0.0805 e. The molecular weight excluding hydrogens is 539 g/mol. The van der Waals surface area contributed by atoms with Gasteiger partial charge in [0.2, 0.25) is 0 Å². The van der Waals surface area contributed by atoms with E-state index in [1.165, 1.54) is 69.5 Å². The predicted octanol–water partition coefficient (Wildman–Crippen LogP) is 10.0. The van der Waals surface area contributed by atoms with Crippen LogP contribution in [0.2, 0.25) is 0 Å². The second-order valence-electron chi connectivity index (χ2n) is 10.6. The van der Waals surface area contributed by atoms with Gasteiger partial charge in [0, 0.05) is 51.5 Å². The molecule has 5 aromatic rings. The molecular formula is C36H27N3S2. The molecule has 0 saturated heterocycles. The van der Waals surface area contributed by atoms with Crippen molar-refractivity contribution in [2.24, 2.45) is 4.99 Å². The lowest BCUT2D eigenvalue weighted by Gasteiger charge is -2.18. The third-order valence-corrected chi connectivity index (χ3v) is 10.5. The first-order valence-corrected chi connectivity index (χ1v) is 15.4. The average Bonchev–Trinajstić information content (AvgIpc) is 3.62. The molecule has 41 heavy (non-hydrogen) atoms. The SMILES string of the molecule is CC1=Nc2ccccc2C1=C(C=C1Sc2ccc3ccccc3c2N1C)/C=C1\Sc2ccc3ccccc3c2N1C. The molecule has 0 aliphatic carbocycles. The van der Waals surface area contributed by atoms with Crippen LogP contribution in [0.15, 0.2) is 140 Å². The van der Waals surface area contributed by atoms with E-state index >= 15 is 0 Å². The Kier molecular flexibility index (Phi) is 5.66. The summed E-state index contributed by atoms with van der Waals surface area (Å²) in [4.78, 5) is 12.2. The van der Waals surface area contributed by atoms with E-state index in [1.807, 2.05) is 23.5 Å². The minimum absolute atomic E-state index is 1.04. The first kappa shape index (κ1) is 24.6. The number of fused-ring (bicyclic) bond motifs is 7. The molecule has 3 heterocycles. The van der Waals surface area contributed by atoms with E-state index in [0.29, 0.717) is 0 Å². The number of rotatable bonds is 2. The number of thioether (sulfide) groups is 2. The van der Waals surface area contributed by atoms with Crippen LogP contribution in [0.3, 0.4) is 0 Å². The molecule has 0 atom stereocenters. The quantitative estimate of drug-likeness (QED) is 0.212. The number of anilines is 2. The van der Waals surface area contributed by atoms with Crippen LogP contribution in [0.4, 0.5) is 17.1 Å². The molecule has 198 valence electrons. The highest BCUT2D eigenvalue weighted by atomic mass is 32.2. The molecule has 0 amide bonds. The molecule has 0 fully saturated rings. The van der Waals surface area contributed by atoms with Crippen LogP contribution in [-0.2, 0) is 0 Å². The van der Waals surface area contributed by atoms with Gasteiger partial charge in [-0.3, -0.25) is 4.99 Å². The largest absolute Gasteiger partial charge is 0.338 e. The van der Waals surface area contributed by atoms with Gasteiger partial charge < -0.3 is 9.80 Å². The minimum atomic E-state index is 1.04. The first-order valence-electron chi connectivity index (χ1n) is 13.8. The molecule has 8 rings (SSSR count). The van der Waals surface area contributed by atoms with Gasteiger partial charge in [-0.2, -0.15) is 0 Å². The van der Waals surface area contributed by atoms with E-state index in [4.69, 9.17) is 4.99 Å². The van der Waals surface area contributed by atoms with Crippen molar-refractivity contribution in [1.82, 2.24) is 0 Å². The fourth-order valence-corrected chi connectivity index (χ4v) is 8.43. The summed E-state index contributed by atoms with van der Waals surface area (Å²) in [7, 11) is 4.38. The van der Waals surface area contributed by atoms with Gasteiger partial charge in [0.1, 0.15) is 0 Å². The van der Waals surface area contributed by atoms with Crippen molar-refractivity contribution in [3.05, 3.63) is 130 Å². The molecule has 5 aromatic carbocycles. The summed E-state index contributed by atoms with van der Waals surface area (Å²) in [5.41, 5.74) is 8.21. The topological polar surface area (TPSA) is 18.8 Å². The lowest BCUT2D eigenvalue weighted by Crippen LogP contribution is -2.12. The van der Waals surface area contributed by atoms with Crippen LogP contribution in [0.5, 0.6) is 0 Å². The zero-order chi connectivity index (χ0) is 27.7. The van der Waals surface area contributed by atoms with Gasteiger partial charge in [-0.1, -0.05) is 102 Å². The molecule has 5 heteroatoms. The number of allylic oxidation sites excluding steroid dienone is 4. The standard InChI is InChI=1S/C36H27N3S2/c1-22-34(28-14-8-9-15-29(28)37-22)25(20-32-38(2)35-26-12-6-4-10-23(26)16-18-30(35)40-32)21-33-39(3)36-27-13-7-5-11-24(27)17-19-31(36)41-33/h4-21H,1-3H3/b32-20-,33-21?,34-25?. The monoisotopic (exact) mass is 565 g/mol. The molecule has 3 aliphatic rings. The zero-order valence-electron chi connectivity index (χ0n) is 23.1. The molecule has 0 saturated carbocycles. The summed E-state index contributed by atoms with van der Waals surface area (Å²) in [5, 5.41) is 7.52. The Labute approximate surface area is 248 Å². The fourth-order valence-electron chi connectivity index (χ4n) is 6.19. The summed E-state index contributed by atoms with van der Waals surface area (Å²) in [5.74, 6) is 0. The van der Waals surface area contributed by atoms with Crippen molar-refractivity contribution in [2.75, 3.05) is 23.9 Å². The second-order valence-corrected chi connectivity index (χ2v) is 12.7. The van der Waals surface area contributed by atoms with Crippen molar-refractivity contribution in [1.29, 1.82) is 0 Å². The number of hydrogen-bond donors (Lipinski definition) is 0. The Bertz CT molecular complexity index is 1940. The normalized spacial score (nSPS) is 18.9. The highest BCUT2D eigenvalue weighted by molar-refractivity contribution is 8.04. The van der Waals surface area contributed by atoms with Gasteiger partial charge in [-0.25, -0.2) is 0 Å². The number of hydrogen-bond acceptors (Lipinski definition) is 5. The van der Waals surface area contributed by atoms with E-state index < -0.39 is 0 Å². The Morgan fingerprint density at radius 3 is 1.73 bits per heavy atom. The third kappa shape index (κ3) is 3.87. The van der Waals surface area contributed by atoms with Crippen LogP contribution < -0.4 is 9.80 Å². The van der Waals surface area contributed by atoms with Gasteiger partial charge in [0.15, 0.2) is 0 Å². The summed E-state index contributed by atoms with van der Waals surface area (Å²) in [6, 6.07) is 34.8. The van der Waals surface area contributed by atoms with Crippen LogP contribution in [0, 0.1) is 0 Å². The Morgan fingerprint density at radius 2 is 1.15 bits per heavy atom. The van der Waals surface area contributed by atoms with Crippen LogP contribution >= 0.6 is 23.5 Å². The highest BCUT2D eigenvalue weighted by Crippen LogP contribution is 2.52. The van der Waals surface area contributed by atoms with E-state index in [-0.39, 0.29) is 0 Å². The van der Waals surface area contributed by atoms with Crippen LogP contribution in [0.25, 0.3) is 27.1 Å². The number of aliphatic imine (C=N–C) groups is 1. The van der Waals surface area contributed by atoms with E-state index in [0.717, 1.165) is 11.4 Å². The minimum Gasteiger partial charge on any atom is -0.338 e. The van der Waals surface area contributed by atoms with Crippen LogP contribution in [-0.4, -0.2) is 19.8 Å². The van der Waals surface area contributed by atoms with E-state index in [9.17, 15) is 0 Å². The number of nitrogens with zero attached hydrogens (tertiary/aromatic N) is 3. The van der Waals surface area contributed by atoms with Crippen molar-refractivity contribution < 1.29 is 0 Å². The third-order valence-electron chi connectivity index (χ3n) is 8.16. The second kappa shape index (κ2) is 9.44. The van der Waals surface area contributed by atoms with Crippen molar-refractivity contribution in [2.45, 2.75) is 16.7 Å². The molecule has 3 aliphatic heterocycles. The molecule has 0 aromatic heterocycles. The molecule has 0 spiro atoms. The van der Waals surface area contributed by atoms with Crippen molar-refractivity contribution in [3.63, 3.8) is 0 Å². The number of para-hydroxylation sites is 1. The lowest BCUT2D eigenvalue weighted by molar-refractivity contribution is 1.18. The van der Waals surface area contributed by atoms with Gasteiger partial charge in [-0.05, 0) is 53.6 Å². The Balaban J connectivity index is 1.30. The Hall–Kier alpha value is -4.19. The van der Waals surface area contributed by atoms with Gasteiger partial charge in [0.25, 0.3) is 0 Å². The first-order chi connectivity index (χ1) is 20.1. The van der Waals surface area contributed by atoms with Gasteiger partial charge >= 0.3 is 0 Å². The maximum absolute atomic E-state index is 4.96. The molecule has 0 radical (unpaired) electrons. The van der Waals surface area contributed by atoms with Gasteiger partial charge in [-0.15, -0.1) is 0 Å². The van der Waals surface area contributed by atoms with E-state index in [2.05, 4.69) is 140 Å². The summed E-state index contributed by atoms with van der Waals surface area (Å²) in [6.07, 6.45) is 4.72. The maximum Gasteiger partial charge on any atom is 0.0805 e. The average molecular weight is 566 g/mol. The predicted molar refractivity (Wildman–Crippen MR) is 179 cm³/mol. The summed E-state index contributed by atoms with van der Waals surface area (Å²) in [6.45, 7) is 2.13. The summed E-state index contributed by atoms with van der Waals surface area (Å²) < 4.78 is 0. The maximum atomic E-state index is 4.96. The van der Waals surface area contributed by atoms with Crippen LogP contribution in [0.1, 0.15) is 12.5 Å². The summed E-state index contributed by atoms with van der Waals surface area (Å²) >= 11 is 3.68. The van der Waals surface area contributed by atoms with E-state index in [1.54, 1.807) is 0 Å². The fraction of sp³-hybridized carbons (Fsp3) is 0.0833. The number of benzene rings is 5. The molecule has 0 bridgehead atoms. The Morgan fingerprint density at radius 1 is 0.634 bits per heavy atom. The van der Waals surface area contributed by atoms with Crippen molar-refractivity contribution in [3.8, 4) is 0 Å². The zero-order valence-corrected chi connectivity index (χ0v) is 24.7. The molecule has 0 N–H and O–H groups in total.